The van der Waals surface area contributed by atoms with Crippen LogP contribution in [-0.4, -0.2) is 12.1 Å². The van der Waals surface area contributed by atoms with Crippen LogP contribution >= 0.6 is 23.6 Å². The Morgan fingerprint density at radius 1 is 1.35 bits per heavy atom. The number of ether oxygens (including phenoxy) is 1. The molecular formula is C15H18N2OS2. The van der Waals surface area contributed by atoms with Gasteiger partial charge in [0.2, 0.25) is 0 Å². The molecule has 0 fully saturated rings. The van der Waals surface area contributed by atoms with Gasteiger partial charge in [0.15, 0.2) is 0 Å². The second kappa shape index (κ2) is 6.24. The van der Waals surface area contributed by atoms with E-state index in [9.17, 15) is 0 Å². The fourth-order valence-corrected chi connectivity index (χ4v) is 3.03. The molecule has 106 valence electrons. The van der Waals surface area contributed by atoms with Crippen LogP contribution in [0.25, 0.3) is 0 Å². The zero-order valence-electron chi connectivity index (χ0n) is 11.8. The van der Waals surface area contributed by atoms with Gasteiger partial charge in [0.1, 0.15) is 10.7 Å². The molecule has 3 N–H and O–H groups in total. The summed E-state index contributed by atoms with van der Waals surface area (Å²) in [6.45, 7) is 4.22. The fourth-order valence-electron chi connectivity index (χ4n) is 1.98. The Balaban J connectivity index is 2.29. The van der Waals surface area contributed by atoms with Crippen molar-refractivity contribution >= 4 is 34.2 Å². The molecule has 0 saturated heterocycles. The first-order valence-corrected chi connectivity index (χ1v) is 7.54. The molecule has 2 rings (SSSR count). The smallest absolute Gasteiger partial charge is 0.120 e. The molecule has 1 aromatic heterocycles. The molecule has 5 heteroatoms. The Morgan fingerprint density at radius 3 is 2.65 bits per heavy atom. The van der Waals surface area contributed by atoms with Crippen LogP contribution in [0.5, 0.6) is 5.75 Å². The Kier molecular flexibility index (Phi) is 4.62. The van der Waals surface area contributed by atoms with Gasteiger partial charge in [-0.3, -0.25) is 0 Å². The number of methoxy groups -OCH3 is 1. The van der Waals surface area contributed by atoms with Gasteiger partial charge in [0, 0.05) is 27.1 Å². The summed E-state index contributed by atoms with van der Waals surface area (Å²) in [5.74, 6) is 0.780. The van der Waals surface area contributed by atoms with Gasteiger partial charge in [0.05, 0.1) is 13.2 Å². The molecule has 0 aliphatic heterocycles. The largest absolute Gasteiger partial charge is 0.497 e. The first-order chi connectivity index (χ1) is 9.51. The third-order valence-electron chi connectivity index (χ3n) is 3.05. The van der Waals surface area contributed by atoms with Crippen LogP contribution in [0.2, 0.25) is 0 Å². The van der Waals surface area contributed by atoms with E-state index in [4.69, 9.17) is 22.7 Å². The van der Waals surface area contributed by atoms with Gasteiger partial charge in [-0.1, -0.05) is 12.2 Å². The lowest BCUT2D eigenvalue weighted by atomic mass is 10.1. The van der Waals surface area contributed by atoms with E-state index < -0.39 is 0 Å². The zero-order valence-corrected chi connectivity index (χ0v) is 13.4. The number of hydrogen-bond donors (Lipinski definition) is 2. The van der Waals surface area contributed by atoms with Crippen LogP contribution in [0, 0.1) is 6.92 Å². The number of nitrogens with two attached hydrogens (primary N) is 1. The van der Waals surface area contributed by atoms with Gasteiger partial charge in [-0.05, 0) is 38.1 Å². The SMILES string of the molecule is COc1ccc(C(N)=S)c(NC(C)c2ccc(C)s2)c1. The second-order valence-electron chi connectivity index (χ2n) is 4.59. The maximum Gasteiger partial charge on any atom is 0.120 e. The van der Waals surface area contributed by atoms with E-state index in [2.05, 4.69) is 31.3 Å². The van der Waals surface area contributed by atoms with E-state index in [0.29, 0.717) is 4.99 Å². The van der Waals surface area contributed by atoms with E-state index in [1.807, 2.05) is 18.2 Å². The van der Waals surface area contributed by atoms with E-state index >= 15 is 0 Å². The molecule has 0 spiro atoms. The molecule has 1 atom stereocenters. The van der Waals surface area contributed by atoms with E-state index in [-0.39, 0.29) is 6.04 Å². The Morgan fingerprint density at radius 2 is 2.10 bits per heavy atom. The molecule has 0 saturated carbocycles. The molecule has 20 heavy (non-hydrogen) atoms. The lowest BCUT2D eigenvalue weighted by Crippen LogP contribution is -2.14. The number of benzene rings is 1. The average molecular weight is 306 g/mol. The third-order valence-corrected chi connectivity index (χ3v) is 4.46. The highest BCUT2D eigenvalue weighted by Gasteiger charge is 2.12. The van der Waals surface area contributed by atoms with Crippen molar-refractivity contribution in [3.05, 3.63) is 45.6 Å². The Bertz CT molecular complexity index is 622. The number of thiophene rings is 1. The van der Waals surface area contributed by atoms with Crippen LogP contribution in [0.1, 0.15) is 28.3 Å². The minimum atomic E-state index is 0.189. The molecule has 0 aliphatic carbocycles. The number of hydrogen-bond acceptors (Lipinski definition) is 4. The predicted octanol–water partition coefficient (Wildman–Crippen LogP) is 3.87. The number of anilines is 1. The van der Waals surface area contributed by atoms with Crippen molar-refractivity contribution < 1.29 is 4.74 Å². The minimum Gasteiger partial charge on any atom is -0.497 e. The molecule has 1 unspecified atom stereocenters. The molecule has 1 heterocycles. The summed E-state index contributed by atoms with van der Waals surface area (Å²) in [6.07, 6.45) is 0. The molecule has 2 aromatic rings. The first-order valence-electron chi connectivity index (χ1n) is 6.32. The topological polar surface area (TPSA) is 47.3 Å². The molecule has 0 amide bonds. The van der Waals surface area contributed by atoms with Crippen molar-refractivity contribution in [1.82, 2.24) is 0 Å². The van der Waals surface area contributed by atoms with Crippen molar-refractivity contribution in [2.75, 3.05) is 12.4 Å². The first kappa shape index (κ1) is 14.8. The zero-order chi connectivity index (χ0) is 14.7. The summed E-state index contributed by atoms with van der Waals surface area (Å²) in [4.78, 5) is 2.96. The van der Waals surface area contributed by atoms with Crippen molar-refractivity contribution in [2.24, 2.45) is 5.73 Å². The van der Waals surface area contributed by atoms with Gasteiger partial charge >= 0.3 is 0 Å². The maximum atomic E-state index is 5.78. The van der Waals surface area contributed by atoms with E-state index in [1.165, 1.54) is 9.75 Å². The Labute approximate surface area is 128 Å². The fraction of sp³-hybridized carbons (Fsp3) is 0.267. The van der Waals surface area contributed by atoms with Crippen LogP contribution in [0.4, 0.5) is 5.69 Å². The number of nitrogens with one attached hydrogen (secondary N) is 1. The van der Waals surface area contributed by atoms with E-state index in [1.54, 1.807) is 18.4 Å². The predicted molar refractivity (Wildman–Crippen MR) is 90.0 cm³/mol. The van der Waals surface area contributed by atoms with Gasteiger partial charge in [-0.2, -0.15) is 0 Å². The standard InChI is InChI=1S/C15H18N2OS2/c1-9-4-7-14(20-9)10(2)17-13-8-11(18-3)5-6-12(13)15(16)19/h4-8,10,17H,1-3H3,(H2,16,19). The van der Waals surface area contributed by atoms with Gasteiger partial charge in [-0.25, -0.2) is 0 Å². The summed E-state index contributed by atoms with van der Waals surface area (Å²) in [6, 6.07) is 10.1. The highest BCUT2D eigenvalue weighted by atomic mass is 32.1. The molecule has 0 bridgehead atoms. The monoisotopic (exact) mass is 306 g/mol. The number of rotatable bonds is 5. The molecule has 1 aromatic carbocycles. The van der Waals surface area contributed by atoms with Crippen molar-refractivity contribution in [3.63, 3.8) is 0 Å². The molecule has 0 aliphatic rings. The van der Waals surface area contributed by atoms with Crippen LogP contribution in [-0.2, 0) is 0 Å². The molecule has 0 radical (unpaired) electrons. The van der Waals surface area contributed by atoms with Crippen LogP contribution < -0.4 is 15.8 Å². The van der Waals surface area contributed by atoms with Crippen molar-refractivity contribution in [3.8, 4) is 5.75 Å². The van der Waals surface area contributed by atoms with Crippen molar-refractivity contribution in [2.45, 2.75) is 19.9 Å². The molecular weight excluding hydrogens is 288 g/mol. The number of aryl methyl sites for hydroxylation is 1. The quantitative estimate of drug-likeness (QED) is 0.823. The maximum absolute atomic E-state index is 5.78. The average Bonchev–Trinajstić information content (AvgIpc) is 2.85. The van der Waals surface area contributed by atoms with Gasteiger partial charge in [0.25, 0.3) is 0 Å². The van der Waals surface area contributed by atoms with Crippen molar-refractivity contribution in [1.29, 1.82) is 0 Å². The Hall–Kier alpha value is -1.59. The summed E-state index contributed by atoms with van der Waals surface area (Å²) in [5, 5.41) is 3.46. The van der Waals surface area contributed by atoms with E-state index in [0.717, 1.165) is 17.0 Å². The minimum absolute atomic E-state index is 0.189. The summed E-state index contributed by atoms with van der Waals surface area (Å²) in [5.41, 5.74) is 7.51. The second-order valence-corrected chi connectivity index (χ2v) is 6.35. The summed E-state index contributed by atoms with van der Waals surface area (Å²) >= 11 is 6.88. The van der Waals surface area contributed by atoms with Gasteiger partial charge in [-0.15, -0.1) is 11.3 Å². The summed E-state index contributed by atoms with van der Waals surface area (Å²) in [7, 11) is 1.64. The van der Waals surface area contributed by atoms with Crippen LogP contribution in [0.15, 0.2) is 30.3 Å². The third kappa shape index (κ3) is 3.29. The van der Waals surface area contributed by atoms with Crippen LogP contribution in [0.3, 0.4) is 0 Å². The molecule has 3 nitrogen and oxygen atoms in total. The highest BCUT2D eigenvalue weighted by molar-refractivity contribution is 7.80. The number of thiocarbonyl (C=S) groups is 1. The lowest BCUT2D eigenvalue weighted by Gasteiger charge is -2.17. The normalized spacial score (nSPS) is 11.9. The summed E-state index contributed by atoms with van der Waals surface area (Å²) < 4.78 is 5.26. The van der Waals surface area contributed by atoms with Gasteiger partial charge < -0.3 is 15.8 Å². The highest BCUT2D eigenvalue weighted by Crippen LogP contribution is 2.29. The lowest BCUT2D eigenvalue weighted by molar-refractivity contribution is 0.415.